The summed E-state index contributed by atoms with van der Waals surface area (Å²) < 4.78 is 62.4. The standard InChI is InChI=1S/C9H8O2.C6H2BF5O2/c10-6-9(7-11)8-4-2-1-3-5-8;8-2-1(7(13)14)3(9)5(11)6(12)4(2)10/h1-7,9H;13-14H. The molecule has 0 atom stereocenters. The van der Waals surface area contributed by atoms with Crippen LogP contribution in [-0.2, 0) is 9.59 Å². The predicted octanol–water partition coefficient (Wildman–Crippen LogP) is 1.23. The van der Waals surface area contributed by atoms with Crippen molar-refractivity contribution >= 4 is 25.2 Å². The quantitative estimate of drug-likeness (QED) is 0.215. The average molecular weight is 360 g/mol. The molecule has 2 aromatic carbocycles. The van der Waals surface area contributed by atoms with Crippen LogP contribution in [0.3, 0.4) is 0 Å². The molecule has 2 N–H and O–H groups in total. The largest absolute Gasteiger partial charge is 0.494 e. The zero-order valence-corrected chi connectivity index (χ0v) is 12.3. The molecule has 0 aliphatic heterocycles. The minimum absolute atomic E-state index is 0.601. The number of hydrogen-bond donors (Lipinski definition) is 2. The molecule has 0 spiro atoms. The Hall–Kier alpha value is -2.59. The number of hydrogen-bond acceptors (Lipinski definition) is 4. The van der Waals surface area contributed by atoms with Gasteiger partial charge in [-0.25, -0.2) is 22.0 Å². The first-order valence-corrected chi connectivity index (χ1v) is 6.59. The van der Waals surface area contributed by atoms with Crippen molar-refractivity contribution in [3.8, 4) is 0 Å². The van der Waals surface area contributed by atoms with E-state index in [1.807, 2.05) is 6.07 Å². The Morgan fingerprint density at radius 3 is 1.52 bits per heavy atom. The maximum absolute atomic E-state index is 12.6. The minimum atomic E-state index is -2.76. The number of rotatable bonds is 4. The molecule has 0 aromatic heterocycles. The number of carbonyl (C=O) groups is 2. The molecule has 0 saturated carbocycles. The Bertz CT molecular complexity index is 718. The van der Waals surface area contributed by atoms with Crippen molar-refractivity contribution in [3.63, 3.8) is 0 Å². The summed E-state index contributed by atoms with van der Waals surface area (Å²) in [7, 11) is -2.76. The average Bonchev–Trinajstić information content (AvgIpc) is 2.61. The van der Waals surface area contributed by atoms with Gasteiger partial charge in [-0.05, 0) is 5.56 Å². The zero-order valence-electron chi connectivity index (χ0n) is 12.3. The van der Waals surface area contributed by atoms with Crippen molar-refractivity contribution in [2.75, 3.05) is 0 Å². The minimum Gasteiger partial charge on any atom is -0.423 e. The highest BCUT2D eigenvalue weighted by atomic mass is 19.2. The number of benzene rings is 2. The van der Waals surface area contributed by atoms with E-state index < -0.39 is 47.6 Å². The molecule has 2 rings (SSSR count). The van der Waals surface area contributed by atoms with E-state index in [0.717, 1.165) is 5.56 Å². The fraction of sp³-hybridized carbons (Fsp3) is 0.0667. The summed E-state index contributed by atoms with van der Waals surface area (Å²) in [6.07, 6.45) is 1.28. The molecule has 0 amide bonds. The second kappa shape index (κ2) is 9.04. The summed E-state index contributed by atoms with van der Waals surface area (Å²) in [5.41, 5.74) is -0.918. The van der Waals surface area contributed by atoms with Gasteiger partial charge < -0.3 is 19.6 Å². The second-order valence-electron chi connectivity index (χ2n) is 4.57. The number of halogens is 5. The highest BCUT2D eigenvalue weighted by molar-refractivity contribution is 6.58. The van der Waals surface area contributed by atoms with Crippen LogP contribution in [0, 0.1) is 29.1 Å². The van der Waals surface area contributed by atoms with Gasteiger partial charge in [0.1, 0.15) is 12.6 Å². The molecule has 25 heavy (non-hydrogen) atoms. The summed E-state index contributed by atoms with van der Waals surface area (Å²) >= 11 is 0. The van der Waals surface area contributed by atoms with Crippen LogP contribution in [0.25, 0.3) is 0 Å². The maximum Gasteiger partial charge on any atom is 0.494 e. The summed E-state index contributed by atoms with van der Waals surface area (Å²) in [4.78, 5) is 20.6. The van der Waals surface area contributed by atoms with Crippen LogP contribution in [0.5, 0.6) is 0 Å². The fourth-order valence-electron chi connectivity index (χ4n) is 1.71. The maximum atomic E-state index is 12.6. The third-order valence-corrected chi connectivity index (χ3v) is 2.98. The zero-order chi connectivity index (χ0) is 19.1. The molecule has 0 heterocycles. The highest BCUT2D eigenvalue weighted by Gasteiger charge is 2.31. The molecule has 2 aromatic rings. The molecule has 132 valence electrons. The van der Waals surface area contributed by atoms with E-state index in [1.54, 1.807) is 24.3 Å². The lowest BCUT2D eigenvalue weighted by atomic mass is 9.79. The summed E-state index contributed by atoms with van der Waals surface area (Å²) in [6.45, 7) is 0. The Morgan fingerprint density at radius 1 is 0.760 bits per heavy atom. The molecule has 10 heteroatoms. The Morgan fingerprint density at radius 2 is 1.16 bits per heavy atom. The van der Waals surface area contributed by atoms with Gasteiger partial charge in [0.25, 0.3) is 0 Å². The third-order valence-electron chi connectivity index (χ3n) is 2.98. The van der Waals surface area contributed by atoms with E-state index in [0.29, 0.717) is 12.6 Å². The van der Waals surface area contributed by atoms with Gasteiger partial charge in [-0.1, -0.05) is 30.3 Å². The van der Waals surface area contributed by atoms with Gasteiger partial charge in [-0.3, -0.25) is 0 Å². The van der Waals surface area contributed by atoms with E-state index >= 15 is 0 Å². The summed E-state index contributed by atoms with van der Waals surface area (Å²) in [5.74, 6) is -11.9. The molecule has 0 aliphatic rings. The lowest BCUT2D eigenvalue weighted by molar-refractivity contribution is -0.116. The third kappa shape index (κ3) is 4.71. The van der Waals surface area contributed by atoms with Crippen LogP contribution < -0.4 is 5.46 Å². The summed E-state index contributed by atoms with van der Waals surface area (Å²) in [6, 6.07) is 8.96. The van der Waals surface area contributed by atoms with E-state index in [-0.39, 0.29) is 0 Å². The summed E-state index contributed by atoms with van der Waals surface area (Å²) in [5, 5.41) is 16.7. The number of carbonyl (C=O) groups excluding carboxylic acids is 2. The van der Waals surface area contributed by atoms with E-state index in [9.17, 15) is 31.5 Å². The van der Waals surface area contributed by atoms with Crippen molar-refractivity contribution in [1.29, 1.82) is 0 Å². The van der Waals surface area contributed by atoms with E-state index in [4.69, 9.17) is 10.0 Å². The van der Waals surface area contributed by atoms with Gasteiger partial charge in [0.05, 0.1) is 11.4 Å². The van der Waals surface area contributed by atoms with Crippen LogP contribution in [0.1, 0.15) is 11.5 Å². The van der Waals surface area contributed by atoms with Gasteiger partial charge in [0, 0.05) is 0 Å². The lowest BCUT2D eigenvalue weighted by Gasteiger charge is -2.06. The topological polar surface area (TPSA) is 74.6 Å². The van der Waals surface area contributed by atoms with Gasteiger partial charge >= 0.3 is 7.12 Å². The molecular weight excluding hydrogens is 350 g/mol. The van der Waals surface area contributed by atoms with Crippen molar-refractivity contribution in [2.24, 2.45) is 0 Å². The lowest BCUT2D eigenvalue weighted by Crippen LogP contribution is -2.38. The van der Waals surface area contributed by atoms with Crippen LogP contribution in [-0.4, -0.2) is 29.7 Å². The van der Waals surface area contributed by atoms with Crippen molar-refractivity contribution in [1.82, 2.24) is 0 Å². The van der Waals surface area contributed by atoms with Gasteiger partial charge in [-0.15, -0.1) is 0 Å². The van der Waals surface area contributed by atoms with Gasteiger partial charge in [-0.2, -0.15) is 0 Å². The molecule has 0 saturated heterocycles. The van der Waals surface area contributed by atoms with Crippen LogP contribution in [0.15, 0.2) is 30.3 Å². The van der Waals surface area contributed by atoms with Crippen LogP contribution in [0.2, 0.25) is 0 Å². The second-order valence-corrected chi connectivity index (χ2v) is 4.57. The van der Waals surface area contributed by atoms with Crippen LogP contribution in [0.4, 0.5) is 22.0 Å². The van der Waals surface area contributed by atoms with Crippen molar-refractivity contribution < 1.29 is 41.6 Å². The van der Waals surface area contributed by atoms with Crippen LogP contribution >= 0.6 is 0 Å². The molecule has 4 nitrogen and oxygen atoms in total. The molecule has 0 radical (unpaired) electrons. The van der Waals surface area contributed by atoms with Crippen molar-refractivity contribution in [3.05, 3.63) is 65.0 Å². The van der Waals surface area contributed by atoms with Crippen molar-refractivity contribution in [2.45, 2.75) is 5.92 Å². The first-order chi connectivity index (χ1) is 11.8. The molecule has 0 aliphatic carbocycles. The first kappa shape index (κ1) is 20.5. The van der Waals surface area contributed by atoms with Gasteiger partial charge in [0.15, 0.2) is 29.1 Å². The van der Waals surface area contributed by atoms with Gasteiger partial charge in [0.2, 0.25) is 0 Å². The number of aldehydes is 2. The fourth-order valence-corrected chi connectivity index (χ4v) is 1.71. The van der Waals surface area contributed by atoms with E-state index in [1.165, 1.54) is 0 Å². The first-order valence-electron chi connectivity index (χ1n) is 6.59. The Labute approximate surface area is 138 Å². The smallest absolute Gasteiger partial charge is 0.423 e. The van der Waals surface area contributed by atoms with E-state index in [2.05, 4.69) is 0 Å². The normalized spacial score (nSPS) is 10.1. The molecule has 0 bridgehead atoms. The Kier molecular flexibility index (Phi) is 7.40. The molecule has 0 unspecified atom stereocenters. The Balaban J connectivity index is 0.000000257. The monoisotopic (exact) mass is 360 g/mol. The predicted molar refractivity (Wildman–Crippen MR) is 77.4 cm³/mol. The molecular formula is C15H10BF5O4. The molecule has 0 fully saturated rings. The SMILES string of the molecule is O=CC(C=O)c1ccccc1.OB(O)c1c(F)c(F)c(F)c(F)c1F. The highest BCUT2D eigenvalue weighted by Crippen LogP contribution is 2.16.